The van der Waals surface area contributed by atoms with Crippen LogP contribution in [-0.2, 0) is 6.54 Å². The molecule has 5 heteroatoms. The lowest BCUT2D eigenvalue weighted by molar-refractivity contribution is 0.293. The Morgan fingerprint density at radius 2 is 2.05 bits per heavy atom. The van der Waals surface area contributed by atoms with Crippen LogP contribution in [-0.4, -0.2) is 34.1 Å². The van der Waals surface area contributed by atoms with E-state index in [9.17, 15) is 4.79 Å². The quantitative estimate of drug-likeness (QED) is 0.778. The molecule has 3 N–H and O–H groups in total. The molecule has 0 radical (unpaired) electrons. The molecule has 1 heterocycles. The Bertz CT molecular complexity index is 595. The summed E-state index contributed by atoms with van der Waals surface area (Å²) in [6, 6.07) is 5.54. The van der Waals surface area contributed by atoms with Gasteiger partial charge >= 0.3 is 5.69 Å². The number of aryl methyl sites for hydroxylation is 1. The van der Waals surface area contributed by atoms with Gasteiger partial charge in [0.1, 0.15) is 0 Å². The molecule has 0 unspecified atom stereocenters. The summed E-state index contributed by atoms with van der Waals surface area (Å²) in [4.78, 5) is 17.1. The lowest BCUT2D eigenvalue weighted by Crippen LogP contribution is -2.26. The van der Waals surface area contributed by atoms with Gasteiger partial charge in [-0.05, 0) is 44.3 Å². The first-order chi connectivity index (χ1) is 9.15. The first-order valence-corrected chi connectivity index (χ1v) is 6.86. The van der Waals surface area contributed by atoms with E-state index in [0.717, 1.165) is 43.6 Å². The number of nitrogen functional groups attached to an aromatic ring is 1. The van der Waals surface area contributed by atoms with Crippen molar-refractivity contribution in [2.24, 2.45) is 0 Å². The second kappa shape index (κ2) is 5.93. The van der Waals surface area contributed by atoms with E-state index >= 15 is 0 Å². The van der Waals surface area contributed by atoms with Crippen molar-refractivity contribution in [1.29, 1.82) is 0 Å². The van der Waals surface area contributed by atoms with Crippen LogP contribution in [0.25, 0.3) is 11.0 Å². The van der Waals surface area contributed by atoms with E-state index in [4.69, 9.17) is 5.73 Å². The Kier molecular flexibility index (Phi) is 4.27. The number of nitrogens with zero attached hydrogens (tertiary/aromatic N) is 2. The predicted octanol–water partition coefficient (Wildman–Crippen LogP) is 1.64. The highest BCUT2D eigenvalue weighted by molar-refractivity contribution is 5.78. The van der Waals surface area contributed by atoms with Crippen LogP contribution < -0.4 is 11.4 Å². The van der Waals surface area contributed by atoms with E-state index in [2.05, 4.69) is 23.7 Å². The molecule has 0 spiro atoms. The number of hydrogen-bond acceptors (Lipinski definition) is 3. The molecular formula is C14H22N4O. The number of imidazole rings is 1. The molecule has 0 atom stereocenters. The average molecular weight is 262 g/mol. The van der Waals surface area contributed by atoms with Gasteiger partial charge < -0.3 is 15.6 Å². The number of aromatic nitrogens is 2. The summed E-state index contributed by atoms with van der Waals surface area (Å²) >= 11 is 0. The number of fused-ring (bicyclic) bond motifs is 1. The van der Waals surface area contributed by atoms with Gasteiger partial charge in [0, 0.05) is 12.2 Å². The van der Waals surface area contributed by atoms with Crippen LogP contribution in [0.1, 0.15) is 20.3 Å². The third-order valence-electron chi connectivity index (χ3n) is 3.55. The maximum Gasteiger partial charge on any atom is 0.326 e. The first-order valence-electron chi connectivity index (χ1n) is 6.86. The van der Waals surface area contributed by atoms with Crippen molar-refractivity contribution in [1.82, 2.24) is 14.5 Å². The molecule has 0 amide bonds. The van der Waals surface area contributed by atoms with E-state index in [1.165, 1.54) is 0 Å². The Morgan fingerprint density at radius 1 is 1.32 bits per heavy atom. The van der Waals surface area contributed by atoms with Gasteiger partial charge in [0.25, 0.3) is 0 Å². The van der Waals surface area contributed by atoms with Crippen molar-refractivity contribution >= 4 is 16.7 Å². The Morgan fingerprint density at radius 3 is 2.74 bits per heavy atom. The smallest absolute Gasteiger partial charge is 0.326 e. The van der Waals surface area contributed by atoms with E-state index in [-0.39, 0.29) is 5.69 Å². The van der Waals surface area contributed by atoms with Crippen LogP contribution in [0.3, 0.4) is 0 Å². The van der Waals surface area contributed by atoms with Crippen LogP contribution in [0.5, 0.6) is 0 Å². The van der Waals surface area contributed by atoms with Crippen molar-refractivity contribution in [3.8, 4) is 0 Å². The monoisotopic (exact) mass is 262 g/mol. The van der Waals surface area contributed by atoms with E-state index in [1.807, 2.05) is 12.1 Å². The summed E-state index contributed by atoms with van der Waals surface area (Å²) in [7, 11) is 0. The molecule has 0 bridgehead atoms. The van der Waals surface area contributed by atoms with Crippen LogP contribution in [0, 0.1) is 0 Å². The van der Waals surface area contributed by atoms with Crippen LogP contribution in [0.2, 0.25) is 0 Å². The number of nitrogens with one attached hydrogen (secondary N) is 1. The molecule has 1 aromatic heterocycles. The first kappa shape index (κ1) is 13.7. The van der Waals surface area contributed by atoms with E-state index in [0.29, 0.717) is 5.69 Å². The summed E-state index contributed by atoms with van der Waals surface area (Å²) in [6.45, 7) is 8.17. The summed E-state index contributed by atoms with van der Waals surface area (Å²) in [5.74, 6) is 0. The highest BCUT2D eigenvalue weighted by atomic mass is 16.1. The van der Waals surface area contributed by atoms with Crippen LogP contribution in [0.15, 0.2) is 23.0 Å². The standard InChI is InChI=1S/C14H22N4O/c1-3-17(4-2)8-5-9-18-13-7-6-11(15)10-12(13)16-14(18)19/h6-7,10H,3-5,8-9,15H2,1-2H3,(H,16,19). The number of hydrogen-bond donors (Lipinski definition) is 2. The summed E-state index contributed by atoms with van der Waals surface area (Å²) in [6.07, 6.45) is 0.971. The minimum atomic E-state index is -0.0554. The fourth-order valence-corrected chi connectivity index (χ4v) is 2.40. The Labute approximate surface area is 113 Å². The number of anilines is 1. The summed E-state index contributed by atoms with van der Waals surface area (Å²) in [5, 5.41) is 0. The largest absolute Gasteiger partial charge is 0.399 e. The molecule has 19 heavy (non-hydrogen) atoms. The SMILES string of the molecule is CCN(CC)CCCn1c(=O)[nH]c2cc(N)ccc21. The second-order valence-electron chi connectivity index (χ2n) is 4.74. The third kappa shape index (κ3) is 2.98. The van der Waals surface area contributed by atoms with Gasteiger partial charge in [-0.2, -0.15) is 0 Å². The van der Waals surface area contributed by atoms with Gasteiger partial charge in [0.15, 0.2) is 0 Å². The minimum Gasteiger partial charge on any atom is -0.399 e. The van der Waals surface area contributed by atoms with E-state index < -0.39 is 0 Å². The third-order valence-corrected chi connectivity index (χ3v) is 3.55. The zero-order chi connectivity index (χ0) is 13.8. The molecule has 0 saturated heterocycles. The molecule has 0 aliphatic carbocycles. The van der Waals surface area contributed by atoms with Gasteiger partial charge in [-0.3, -0.25) is 4.57 Å². The second-order valence-corrected chi connectivity index (χ2v) is 4.74. The van der Waals surface area contributed by atoms with Crippen molar-refractivity contribution in [3.05, 3.63) is 28.7 Å². The number of H-pyrrole nitrogens is 1. The predicted molar refractivity (Wildman–Crippen MR) is 79.4 cm³/mol. The normalized spacial score (nSPS) is 11.5. The molecule has 104 valence electrons. The van der Waals surface area contributed by atoms with Crippen molar-refractivity contribution in [2.75, 3.05) is 25.4 Å². The zero-order valence-electron chi connectivity index (χ0n) is 11.6. The van der Waals surface area contributed by atoms with Gasteiger partial charge in [0.05, 0.1) is 11.0 Å². The van der Waals surface area contributed by atoms with Gasteiger partial charge in [-0.25, -0.2) is 4.79 Å². The number of nitrogens with two attached hydrogens (primary N) is 1. The van der Waals surface area contributed by atoms with Gasteiger partial charge in [-0.1, -0.05) is 13.8 Å². The van der Waals surface area contributed by atoms with Crippen molar-refractivity contribution < 1.29 is 0 Å². The van der Waals surface area contributed by atoms with Crippen molar-refractivity contribution in [2.45, 2.75) is 26.8 Å². The summed E-state index contributed by atoms with van der Waals surface area (Å²) < 4.78 is 1.79. The van der Waals surface area contributed by atoms with E-state index in [1.54, 1.807) is 10.6 Å². The molecule has 5 nitrogen and oxygen atoms in total. The Hall–Kier alpha value is -1.75. The number of benzene rings is 1. The van der Waals surface area contributed by atoms with Crippen LogP contribution >= 0.6 is 0 Å². The molecular weight excluding hydrogens is 240 g/mol. The maximum atomic E-state index is 11.9. The zero-order valence-corrected chi connectivity index (χ0v) is 11.6. The molecule has 0 fully saturated rings. The highest BCUT2D eigenvalue weighted by Gasteiger charge is 2.07. The van der Waals surface area contributed by atoms with Crippen molar-refractivity contribution in [3.63, 3.8) is 0 Å². The lowest BCUT2D eigenvalue weighted by atomic mass is 10.2. The summed E-state index contributed by atoms with van der Waals surface area (Å²) in [5.41, 5.74) is 8.08. The molecule has 0 aliphatic rings. The minimum absolute atomic E-state index is 0.0554. The maximum absolute atomic E-state index is 11.9. The fourth-order valence-electron chi connectivity index (χ4n) is 2.40. The molecule has 2 aromatic rings. The molecule has 1 aromatic carbocycles. The topological polar surface area (TPSA) is 67.0 Å². The number of rotatable bonds is 6. The van der Waals surface area contributed by atoms with Gasteiger partial charge in [0.2, 0.25) is 0 Å². The lowest BCUT2D eigenvalue weighted by Gasteiger charge is -2.17. The molecule has 0 saturated carbocycles. The average Bonchev–Trinajstić information content (AvgIpc) is 2.70. The van der Waals surface area contributed by atoms with Gasteiger partial charge in [-0.15, -0.1) is 0 Å². The Balaban J connectivity index is 2.12. The molecule has 2 rings (SSSR count). The highest BCUT2D eigenvalue weighted by Crippen LogP contribution is 2.14. The van der Waals surface area contributed by atoms with Crippen LogP contribution in [0.4, 0.5) is 5.69 Å². The number of aromatic amines is 1. The fraction of sp³-hybridized carbons (Fsp3) is 0.500. The molecule has 0 aliphatic heterocycles.